The Bertz CT molecular complexity index is 769. The van der Waals surface area contributed by atoms with Gasteiger partial charge in [0, 0.05) is 37.6 Å². The van der Waals surface area contributed by atoms with Gasteiger partial charge in [0.15, 0.2) is 0 Å². The number of para-hydroxylation sites is 1. The van der Waals surface area contributed by atoms with E-state index in [9.17, 15) is 4.79 Å². The van der Waals surface area contributed by atoms with Crippen molar-refractivity contribution in [2.24, 2.45) is 0 Å². The van der Waals surface area contributed by atoms with Gasteiger partial charge in [-0.2, -0.15) is 0 Å². The molecule has 3 rings (SSSR count). The van der Waals surface area contributed by atoms with Gasteiger partial charge in [-0.3, -0.25) is 4.79 Å². The van der Waals surface area contributed by atoms with Crippen molar-refractivity contribution in [3.05, 3.63) is 47.3 Å². The van der Waals surface area contributed by atoms with E-state index in [0.29, 0.717) is 11.6 Å². The zero-order valence-corrected chi connectivity index (χ0v) is 15.8. The number of anilines is 2. The maximum absolute atomic E-state index is 12.9. The van der Waals surface area contributed by atoms with Gasteiger partial charge in [0.05, 0.1) is 0 Å². The number of aromatic nitrogens is 2. The van der Waals surface area contributed by atoms with E-state index in [0.717, 1.165) is 50.5 Å². The predicted octanol–water partition coefficient (Wildman–Crippen LogP) is 2.87. The van der Waals surface area contributed by atoms with Crippen LogP contribution >= 0.6 is 0 Å². The molecule has 0 atom stereocenters. The molecule has 6 heteroatoms. The molecule has 0 saturated carbocycles. The molecule has 1 N–H and O–H groups in total. The molecule has 0 aliphatic carbocycles. The van der Waals surface area contributed by atoms with E-state index in [1.807, 2.05) is 30.0 Å². The van der Waals surface area contributed by atoms with Gasteiger partial charge >= 0.3 is 0 Å². The fourth-order valence-electron chi connectivity index (χ4n) is 3.23. The van der Waals surface area contributed by atoms with E-state index < -0.39 is 0 Å². The summed E-state index contributed by atoms with van der Waals surface area (Å²) >= 11 is 0. The van der Waals surface area contributed by atoms with E-state index in [4.69, 9.17) is 0 Å². The summed E-state index contributed by atoms with van der Waals surface area (Å²) in [7, 11) is 0. The van der Waals surface area contributed by atoms with Crippen LogP contribution in [-0.2, 0) is 6.42 Å². The van der Waals surface area contributed by atoms with E-state index >= 15 is 0 Å². The van der Waals surface area contributed by atoms with Crippen molar-refractivity contribution in [3.63, 3.8) is 0 Å². The minimum atomic E-state index is -0.0157. The lowest BCUT2D eigenvalue weighted by Crippen LogP contribution is -2.48. The normalized spacial score (nSPS) is 15.1. The Morgan fingerprint density at radius 1 is 1.12 bits per heavy atom. The minimum Gasteiger partial charge on any atom is -0.335 e. The zero-order valence-electron chi connectivity index (χ0n) is 15.8. The number of nitrogens with zero attached hydrogens (tertiary/aromatic N) is 4. The molecule has 0 spiro atoms. The van der Waals surface area contributed by atoms with Crippen LogP contribution in [0, 0.1) is 6.92 Å². The first kappa shape index (κ1) is 18.3. The molecule has 1 aromatic carbocycles. The summed E-state index contributed by atoms with van der Waals surface area (Å²) in [6.45, 7) is 10.5. The molecular formula is C20H27N5O. The standard InChI is InChI=1S/C20H27N5O/c1-4-16-8-6-7-9-17(16)22-20-21-15(3)14-18(23-20)19(26)25-12-10-24(5-2)11-13-25/h6-9,14H,4-5,10-13H2,1-3H3,(H,21,22,23). The number of hydrogen-bond donors (Lipinski definition) is 1. The topological polar surface area (TPSA) is 61.4 Å². The fourth-order valence-corrected chi connectivity index (χ4v) is 3.23. The molecule has 26 heavy (non-hydrogen) atoms. The molecule has 6 nitrogen and oxygen atoms in total. The third-order valence-electron chi connectivity index (χ3n) is 4.82. The number of hydrogen-bond acceptors (Lipinski definition) is 5. The lowest BCUT2D eigenvalue weighted by Gasteiger charge is -2.33. The Hall–Kier alpha value is -2.47. The molecule has 2 heterocycles. The highest BCUT2D eigenvalue weighted by molar-refractivity contribution is 5.92. The highest BCUT2D eigenvalue weighted by Gasteiger charge is 2.23. The number of carbonyl (C=O) groups is 1. The van der Waals surface area contributed by atoms with Crippen molar-refractivity contribution in [3.8, 4) is 0 Å². The number of aryl methyl sites for hydroxylation is 2. The van der Waals surface area contributed by atoms with Crippen molar-refractivity contribution in [1.82, 2.24) is 19.8 Å². The van der Waals surface area contributed by atoms with Gasteiger partial charge in [-0.1, -0.05) is 32.0 Å². The average molecular weight is 353 g/mol. The molecule has 138 valence electrons. The maximum atomic E-state index is 12.9. The summed E-state index contributed by atoms with van der Waals surface area (Å²) < 4.78 is 0. The van der Waals surface area contributed by atoms with E-state index in [1.165, 1.54) is 5.56 Å². The maximum Gasteiger partial charge on any atom is 0.272 e. The van der Waals surface area contributed by atoms with Gasteiger partial charge in [0.25, 0.3) is 5.91 Å². The van der Waals surface area contributed by atoms with E-state index in [1.54, 1.807) is 6.07 Å². The summed E-state index contributed by atoms with van der Waals surface area (Å²) in [5.74, 6) is 0.458. The number of nitrogens with one attached hydrogen (secondary N) is 1. The quantitative estimate of drug-likeness (QED) is 0.896. The Balaban J connectivity index is 1.78. The van der Waals surface area contributed by atoms with Gasteiger partial charge in [-0.15, -0.1) is 0 Å². The Labute approximate surface area is 155 Å². The molecule has 1 aromatic heterocycles. The van der Waals surface area contributed by atoms with Crippen molar-refractivity contribution in [2.45, 2.75) is 27.2 Å². The number of piperazine rings is 1. The van der Waals surface area contributed by atoms with Gasteiger partial charge < -0.3 is 15.1 Å². The summed E-state index contributed by atoms with van der Waals surface area (Å²) in [4.78, 5) is 26.0. The van der Waals surface area contributed by atoms with Crippen molar-refractivity contribution in [2.75, 3.05) is 38.0 Å². The predicted molar refractivity (Wildman–Crippen MR) is 104 cm³/mol. The van der Waals surface area contributed by atoms with Crippen LogP contribution in [0.1, 0.15) is 35.6 Å². The molecule has 1 fully saturated rings. The third-order valence-corrected chi connectivity index (χ3v) is 4.82. The monoisotopic (exact) mass is 353 g/mol. The van der Waals surface area contributed by atoms with Crippen LogP contribution in [0.2, 0.25) is 0 Å². The molecule has 0 bridgehead atoms. The summed E-state index contributed by atoms with van der Waals surface area (Å²) in [5.41, 5.74) is 3.42. The first-order valence-corrected chi connectivity index (χ1v) is 9.33. The SMILES string of the molecule is CCc1ccccc1Nc1nc(C)cc(C(=O)N2CCN(CC)CC2)n1. The molecule has 1 aliphatic rings. The van der Waals surface area contributed by atoms with Crippen molar-refractivity contribution >= 4 is 17.5 Å². The Kier molecular flexibility index (Phi) is 5.83. The first-order valence-electron chi connectivity index (χ1n) is 9.33. The van der Waals surface area contributed by atoms with Crippen LogP contribution in [0.15, 0.2) is 30.3 Å². The lowest BCUT2D eigenvalue weighted by molar-refractivity contribution is 0.0637. The number of likely N-dealkylation sites (N-methyl/N-ethyl adjacent to an activating group) is 1. The van der Waals surface area contributed by atoms with Crippen LogP contribution in [0.4, 0.5) is 11.6 Å². The minimum absolute atomic E-state index is 0.0157. The van der Waals surface area contributed by atoms with Crippen LogP contribution < -0.4 is 5.32 Å². The van der Waals surface area contributed by atoms with Crippen molar-refractivity contribution < 1.29 is 4.79 Å². The second-order valence-electron chi connectivity index (χ2n) is 6.58. The molecular weight excluding hydrogens is 326 g/mol. The second-order valence-corrected chi connectivity index (χ2v) is 6.58. The summed E-state index contributed by atoms with van der Waals surface area (Å²) in [6.07, 6.45) is 0.919. The molecule has 0 radical (unpaired) electrons. The van der Waals surface area contributed by atoms with Gasteiger partial charge in [-0.05, 0) is 37.6 Å². The molecule has 2 aromatic rings. The largest absolute Gasteiger partial charge is 0.335 e. The van der Waals surface area contributed by atoms with Crippen LogP contribution in [0.5, 0.6) is 0 Å². The highest BCUT2D eigenvalue weighted by Crippen LogP contribution is 2.20. The molecule has 1 aliphatic heterocycles. The summed E-state index contributed by atoms with van der Waals surface area (Å²) in [5, 5.41) is 3.28. The third kappa shape index (κ3) is 4.19. The number of benzene rings is 1. The van der Waals surface area contributed by atoms with Crippen LogP contribution in [0.25, 0.3) is 0 Å². The second kappa shape index (κ2) is 8.27. The highest BCUT2D eigenvalue weighted by atomic mass is 16.2. The smallest absolute Gasteiger partial charge is 0.272 e. The number of rotatable bonds is 5. The zero-order chi connectivity index (χ0) is 18.5. The van der Waals surface area contributed by atoms with Crippen LogP contribution in [-0.4, -0.2) is 58.4 Å². The van der Waals surface area contributed by atoms with Crippen molar-refractivity contribution in [1.29, 1.82) is 0 Å². The number of carbonyl (C=O) groups excluding carboxylic acids is 1. The van der Waals surface area contributed by atoms with Gasteiger partial charge in [-0.25, -0.2) is 9.97 Å². The Morgan fingerprint density at radius 2 is 1.85 bits per heavy atom. The molecule has 0 unspecified atom stereocenters. The molecule has 1 amide bonds. The average Bonchev–Trinajstić information content (AvgIpc) is 2.67. The summed E-state index contributed by atoms with van der Waals surface area (Å²) in [6, 6.07) is 9.86. The van der Waals surface area contributed by atoms with E-state index in [2.05, 4.69) is 40.1 Å². The van der Waals surface area contributed by atoms with Gasteiger partial charge in [0.1, 0.15) is 5.69 Å². The van der Waals surface area contributed by atoms with Crippen LogP contribution in [0.3, 0.4) is 0 Å². The van der Waals surface area contributed by atoms with Gasteiger partial charge in [0.2, 0.25) is 5.95 Å². The lowest BCUT2D eigenvalue weighted by atomic mass is 10.1. The Morgan fingerprint density at radius 3 is 2.54 bits per heavy atom. The van der Waals surface area contributed by atoms with E-state index in [-0.39, 0.29) is 5.91 Å². The first-order chi connectivity index (χ1) is 12.6. The fraction of sp³-hybridized carbons (Fsp3) is 0.450. The number of amides is 1. The molecule has 1 saturated heterocycles.